The van der Waals surface area contributed by atoms with Crippen LogP contribution >= 0.6 is 0 Å². The van der Waals surface area contributed by atoms with Gasteiger partial charge < -0.3 is 17.3 Å². The molecule has 0 atom stereocenters. The topological polar surface area (TPSA) is 0 Å². The van der Waals surface area contributed by atoms with Crippen molar-refractivity contribution in [1.29, 1.82) is 0 Å². The predicted octanol–water partition coefficient (Wildman–Crippen LogP) is 4.88. The molecule has 0 bridgehead atoms. The van der Waals surface area contributed by atoms with Crippen molar-refractivity contribution in [2.45, 2.75) is 26.2 Å². The van der Waals surface area contributed by atoms with Crippen molar-refractivity contribution in [3.05, 3.63) is 70.9 Å². The Morgan fingerprint density at radius 2 is 1.25 bits per heavy atom. The van der Waals surface area contributed by atoms with E-state index in [2.05, 4.69) is 77.8 Å². The maximum atomic E-state index is 9.75. The van der Waals surface area contributed by atoms with Crippen molar-refractivity contribution in [3.8, 4) is 0 Å². The van der Waals surface area contributed by atoms with Crippen molar-refractivity contribution in [3.63, 3.8) is 0 Å². The van der Waals surface area contributed by atoms with Crippen LogP contribution in [-0.2, 0) is 0 Å². The van der Waals surface area contributed by atoms with Gasteiger partial charge in [-0.15, -0.1) is 0 Å². The van der Waals surface area contributed by atoms with Crippen LogP contribution in [0.25, 0.3) is 0 Å². The summed E-state index contributed by atoms with van der Waals surface area (Å²) in [5.74, 6) is 0. The number of hydrogen-bond acceptors (Lipinski definition) is 0. The molecule has 0 aromatic heterocycles. The SMILES string of the molecule is CCCC/C=C/[Te+](c1ccccc1)c1ccccc1.F[B-](F)(F)F. The van der Waals surface area contributed by atoms with Crippen LogP contribution < -0.4 is 7.22 Å². The Labute approximate surface area is 148 Å². The Kier molecular flexibility index (Phi) is 9.82. The number of unbranched alkanes of at least 4 members (excludes halogenated alkanes) is 2. The van der Waals surface area contributed by atoms with Gasteiger partial charge in [0.05, 0.1) is 0 Å². The first-order chi connectivity index (χ1) is 11.4. The Hall–Kier alpha value is -1.25. The fourth-order valence-corrected chi connectivity index (χ4v) is 7.10. The van der Waals surface area contributed by atoms with Crippen LogP contribution in [-0.4, -0.2) is 26.8 Å². The summed E-state index contributed by atoms with van der Waals surface area (Å²) in [5.41, 5.74) is 0. The van der Waals surface area contributed by atoms with E-state index in [1.807, 2.05) is 0 Å². The van der Waals surface area contributed by atoms with E-state index in [0.29, 0.717) is 0 Å². The molecule has 2 aromatic rings. The average molecular weight is 452 g/mol. The molecule has 0 N–H and O–H groups in total. The van der Waals surface area contributed by atoms with Crippen LogP contribution in [0.5, 0.6) is 0 Å². The number of hydrogen-bond donors (Lipinski definition) is 0. The molecule has 130 valence electrons. The third-order valence-corrected chi connectivity index (χ3v) is 8.73. The zero-order chi connectivity index (χ0) is 17.8. The second kappa shape index (κ2) is 11.3. The Morgan fingerprint density at radius 3 is 1.62 bits per heavy atom. The standard InChI is InChI=1S/C18H21Te.BF4/c1-2-3-4-11-16-19(17-12-7-5-8-13-17)18-14-9-6-10-15-18;2-1(3,4)5/h5-16H,2-4H2,1H3;/q+1;-1/b16-11+;. The van der Waals surface area contributed by atoms with E-state index in [-0.39, 0.29) is 0 Å². The van der Waals surface area contributed by atoms with Gasteiger partial charge in [0.2, 0.25) is 0 Å². The molecule has 0 aliphatic rings. The molecule has 0 aliphatic carbocycles. The molecular weight excluding hydrogens is 431 g/mol. The van der Waals surface area contributed by atoms with Gasteiger partial charge in [0.25, 0.3) is 0 Å². The third kappa shape index (κ3) is 9.80. The van der Waals surface area contributed by atoms with Gasteiger partial charge in [0.1, 0.15) is 0 Å². The van der Waals surface area contributed by atoms with Crippen LogP contribution in [0.4, 0.5) is 17.3 Å². The summed E-state index contributed by atoms with van der Waals surface area (Å²) in [6.45, 7) is 2.25. The van der Waals surface area contributed by atoms with Gasteiger partial charge in [-0.3, -0.25) is 0 Å². The second-order valence-electron chi connectivity index (χ2n) is 4.97. The second-order valence-corrected chi connectivity index (χ2v) is 10.4. The maximum Gasteiger partial charge on any atom is 0.673 e. The van der Waals surface area contributed by atoms with Crippen molar-refractivity contribution in [2.24, 2.45) is 0 Å². The van der Waals surface area contributed by atoms with Crippen LogP contribution in [0, 0.1) is 0 Å². The molecule has 0 heterocycles. The van der Waals surface area contributed by atoms with Gasteiger partial charge in [-0.25, -0.2) is 0 Å². The largest absolute Gasteiger partial charge is 0.673 e. The molecule has 0 aliphatic heterocycles. The monoisotopic (exact) mass is 454 g/mol. The molecule has 24 heavy (non-hydrogen) atoms. The molecule has 0 amide bonds. The van der Waals surface area contributed by atoms with Gasteiger partial charge in [-0.05, 0) is 0 Å². The van der Waals surface area contributed by atoms with E-state index >= 15 is 0 Å². The van der Waals surface area contributed by atoms with Crippen molar-refractivity contribution >= 4 is 34.0 Å². The summed E-state index contributed by atoms with van der Waals surface area (Å²) in [6, 6.07) is 22.0. The molecule has 2 rings (SSSR count). The molecule has 0 fully saturated rings. The molecule has 0 unspecified atom stereocenters. The van der Waals surface area contributed by atoms with Crippen molar-refractivity contribution in [2.75, 3.05) is 0 Å². The van der Waals surface area contributed by atoms with Gasteiger partial charge >= 0.3 is 131 Å². The first kappa shape index (κ1) is 20.8. The fraction of sp³-hybridized carbons (Fsp3) is 0.222. The first-order valence-electron chi connectivity index (χ1n) is 7.79. The minimum atomic E-state index is -6.00. The summed E-state index contributed by atoms with van der Waals surface area (Å²) in [7, 11) is -6.00. The van der Waals surface area contributed by atoms with E-state index in [0.717, 1.165) is 0 Å². The van der Waals surface area contributed by atoms with E-state index in [1.165, 1.54) is 26.5 Å². The average Bonchev–Trinajstić information content (AvgIpc) is 2.55. The third-order valence-electron chi connectivity index (χ3n) is 2.95. The Morgan fingerprint density at radius 1 is 0.833 bits per heavy atom. The zero-order valence-corrected chi connectivity index (χ0v) is 15.9. The van der Waals surface area contributed by atoms with Crippen LogP contribution in [0.2, 0.25) is 0 Å². The summed E-state index contributed by atoms with van der Waals surface area (Å²) >= 11 is -1.52. The molecule has 0 saturated carbocycles. The molecule has 0 nitrogen and oxygen atoms in total. The number of benzene rings is 2. The molecule has 0 spiro atoms. The van der Waals surface area contributed by atoms with E-state index in [4.69, 9.17) is 0 Å². The molecule has 2 aromatic carbocycles. The molecule has 0 saturated heterocycles. The fourth-order valence-electron chi connectivity index (χ4n) is 1.91. The summed E-state index contributed by atoms with van der Waals surface area (Å²) < 4.78 is 44.6. The van der Waals surface area contributed by atoms with Gasteiger partial charge in [0.15, 0.2) is 0 Å². The zero-order valence-electron chi connectivity index (χ0n) is 13.5. The quantitative estimate of drug-likeness (QED) is 0.333. The maximum absolute atomic E-state index is 9.75. The van der Waals surface area contributed by atoms with Gasteiger partial charge in [-0.2, -0.15) is 0 Å². The number of halogens is 4. The van der Waals surface area contributed by atoms with E-state index < -0.39 is 26.8 Å². The minimum absolute atomic E-state index is 1.22. The minimum Gasteiger partial charge on any atom is -0.418 e. The first-order valence-corrected chi connectivity index (χ1v) is 11.5. The Bertz CT molecular complexity index is 539. The van der Waals surface area contributed by atoms with Crippen LogP contribution in [0.3, 0.4) is 0 Å². The molecule has 6 heteroatoms. The summed E-state index contributed by atoms with van der Waals surface area (Å²) in [6.07, 6.45) is 6.19. The van der Waals surface area contributed by atoms with Crippen molar-refractivity contribution < 1.29 is 17.3 Å². The summed E-state index contributed by atoms with van der Waals surface area (Å²) in [5, 5.41) is 0. The van der Waals surface area contributed by atoms with Crippen LogP contribution in [0.1, 0.15) is 26.2 Å². The van der Waals surface area contributed by atoms with Crippen molar-refractivity contribution in [1.82, 2.24) is 0 Å². The smallest absolute Gasteiger partial charge is 0.418 e. The summed E-state index contributed by atoms with van der Waals surface area (Å²) in [4.78, 5) is 0. The number of rotatable bonds is 6. The molecule has 0 radical (unpaired) electrons. The number of allylic oxidation sites excluding steroid dienone is 1. The predicted molar refractivity (Wildman–Crippen MR) is 96.8 cm³/mol. The van der Waals surface area contributed by atoms with Gasteiger partial charge in [0, 0.05) is 0 Å². The van der Waals surface area contributed by atoms with E-state index in [9.17, 15) is 17.3 Å². The van der Waals surface area contributed by atoms with E-state index in [1.54, 1.807) is 0 Å². The normalized spacial score (nSPS) is 11.4. The Balaban J connectivity index is 0.000000505. The molecular formula is C18H21BF4Te. The van der Waals surface area contributed by atoms with Gasteiger partial charge in [-0.1, -0.05) is 0 Å². The van der Waals surface area contributed by atoms with Crippen LogP contribution in [0.15, 0.2) is 70.9 Å².